The molecule has 90 valence electrons. The van der Waals surface area contributed by atoms with Crippen LogP contribution < -0.4 is 5.73 Å². The highest BCUT2D eigenvalue weighted by Gasteiger charge is 2.22. The van der Waals surface area contributed by atoms with Crippen LogP contribution in [0.3, 0.4) is 0 Å². The molecule has 1 aliphatic carbocycles. The Bertz CT molecular complexity index is 573. The van der Waals surface area contributed by atoms with Crippen molar-refractivity contribution in [2.75, 3.05) is 5.73 Å². The predicted molar refractivity (Wildman–Crippen MR) is 69.3 cm³/mol. The van der Waals surface area contributed by atoms with E-state index in [0.29, 0.717) is 16.5 Å². The third kappa shape index (κ3) is 1.73. The number of anilines is 1. The van der Waals surface area contributed by atoms with E-state index in [1.165, 1.54) is 18.9 Å². The van der Waals surface area contributed by atoms with Gasteiger partial charge in [0.05, 0.1) is 15.5 Å². The van der Waals surface area contributed by atoms with Crippen molar-refractivity contribution in [3.05, 3.63) is 22.4 Å². The molecule has 5 heteroatoms. The normalized spacial score (nSPS) is 17.1. The Morgan fingerprint density at radius 2 is 2.06 bits per heavy atom. The predicted octanol–water partition coefficient (Wildman–Crippen LogP) is 3.64. The third-order valence-electron chi connectivity index (χ3n) is 3.45. The zero-order valence-corrected chi connectivity index (χ0v) is 10.9. The first kappa shape index (κ1) is 11.0. The summed E-state index contributed by atoms with van der Waals surface area (Å²) >= 11 is 3.17. The molecule has 1 aliphatic rings. The largest absolute Gasteiger partial charge is 0.369 e. The van der Waals surface area contributed by atoms with Gasteiger partial charge in [0, 0.05) is 12.1 Å². The van der Waals surface area contributed by atoms with Crippen molar-refractivity contribution >= 4 is 32.9 Å². The van der Waals surface area contributed by atoms with Gasteiger partial charge in [-0.15, -0.1) is 0 Å². The molecule has 1 saturated carbocycles. The summed E-state index contributed by atoms with van der Waals surface area (Å²) in [5.74, 6) is 0.223. The first-order valence-corrected chi connectivity index (χ1v) is 6.58. The summed E-state index contributed by atoms with van der Waals surface area (Å²) in [6.07, 6.45) is 4.63. The molecule has 0 aliphatic heterocycles. The molecule has 0 unspecified atom stereocenters. The Morgan fingerprint density at radius 3 is 2.76 bits per heavy atom. The van der Waals surface area contributed by atoms with Crippen molar-refractivity contribution in [1.82, 2.24) is 9.55 Å². The Balaban J connectivity index is 2.22. The third-order valence-corrected chi connectivity index (χ3v) is 4.06. The van der Waals surface area contributed by atoms with Crippen LogP contribution in [0.1, 0.15) is 31.7 Å². The number of nitrogens with zero attached hydrogens (tertiary/aromatic N) is 2. The van der Waals surface area contributed by atoms with Crippen molar-refractivity contribution < 1.29 is 4.39 Å². The number of hydrogen-bond donors (Lipinski definition) is 1. The van der Waals surface area contributed by atoms with Gasteiger partial charge < -0.3 is 10.3 Å². The summed E-state index contributed by atoms with van der Waals surface area (Å²) in [7, 11) is 0. The van der Waals surface area contributed by atoms with Gasteiger partial charge in [0.25, 0.3) is 0 Å². The SMILES string of the molecule is Nc1nc2cc(Br)c(F)cc2n1C1CCCC1. The van der Waals surface area contributed by atoms with E-state index in [-0.39, 0.29) is 5.82 Å². The quantitative estimate of drug-likeness (QED) is 0.873. The van der Waals surface area contributed by atoms with Crippen LogP contribution in [0.5, 0.6) is 0 Å². The number of imidazole rings is 1. The van der Waals surface area contributed by atoms with E-state index in [1.54, 1.807) is 6.07 Å². The van der Waals surface area contributed by atoms with Crippen LogP contribution in [-0.4, -0.2) is 9.55 Å². The van der Waals surface area contributed by atoms with Gasteiger partial charge in [-0.1, -0.05) is 12.8 Å². The molecular formula is C12H13BrFN3. The first-order valence-electron chi connectivity index (χ1n) is 5.79. The van der Waals surface area contributed by atoms with E-state index < -0.39 is 0 Å². The maximum absolute atomic E-state index is 13.6. The number of halogens is 2. The minimum Gasteiger partial charge on any atom is -0.369 e. The van der Waals surface area contributed by atoms with Crippen molar-refractivity contribution in [3.63, 3.8) is 0 Å². The fourth-order valence-electron chi connectivity index (χ4n) is 2.66. The molecule has 0 spiro atoms. The van der Waals surface area contributed by atoms with Gasteiger partial charge >= 0.3 is 0 Å². The zero-order chi connectivity index (χ0) is 12.0. The van der Waals surface area contributed by atoms with Gasteiger partial charge in [0.2, 0.25) is 5.95 Å². The Morgan fingerprint density at radius 1 is 1.35 bits per heavy atom. The Hall–Kier alpha value is -1.10. The second-order valence-electron chi connectivity index (χ2n) is 4.53. The molecule has 17 heavy (non-hydrogen) atoms. The molecule has 1 heterocycles. The first-order chi connectivity index (χ1) is 8.16. The maximum atomic E-state index is 13.6. The van der Waals surface area contributed by atoms with Crippen LogP contribution in [0.4, 0.5) is 10.3 Å². The molecular weight excluding hydrogens is 285 g/mol. The molecule has 0 atom stereocenters. The Labute approximate surface area is 107 Å². The highest BCUT2D eigenvalue weighted by molar-refractivity contribution is 9.10. The number of benzene rings is 1. The molecule has 1 fully saturated rings. The van der Waals surface area contributed by atoms with Crippen molar-refractivity contribution in [2.24, 2.45) is 0 Å². The Kier molecular flexibility index (Phi) is 2.58. The topological polar surface area (TPSA) is 43.8 Å². The summed E-state index contributed by atoms with van der Waals surface area (Å²) in [6, 6.07) is 3.58. The van der Waals surface area contributed by atoms with E-state index in [0.717, 1.165) is 23.9 Å². The lowest BCUT2D eigenvalue weighted by molar-refractivity contribution is 0.538. The summed E-state index contributed by atoms with van der Waals surface area (Å²) in [5, 5.41) is 0. The van der Waals surface area contributed by atoms with E-state index in [4.69, 9.17) is 5.73 Å². The van der Waals surface area contributed by atoms with Crippen LogP contribution in [-0.2, 0) is 0 Å². The summed E-state index contributed by atoms with van der Waals surface area (Å²) in [6.45, 7) is 0. The standard InChI is InChI=1S/C12H13BrFN3/c13-8-5-10-11(6-9(8)14)17(12(15)16-10)7-3-1-2-4-7/h5-7H,1-4H2,(H2,15,16). The number of rotatable bonds is 1. The summed E-state index contributed by atoms with van der Waals surface area (Å²) in [5.41, 5.74) is 7.50. The highest BCUT2D eigenvalue weighted by atomic mass is 79.9. The van der Waals surface area contributed by atoms with E-state index >= 15 is 0 Å². The molecule has 1 aromatic heterocycles. The number of aromatic nitrogens is 2. The van der Waals surface area contributed by atoms with E-state index in [9.17, 15) is 4.39 Å². The molecule has 0 saturated heterocycles. The fourth-order valence-corrected chi connectivity index (χ4v) is 2.99. The highest BCUT2D eigenvalue weighted by Crippen LogP contribution is 2.35. The van der Waals surface area contributed by atoms with Gasteiger partial charge in [-0.05, 0) is 34.8 Å². The number of nitrogen functional groups attached to an aromatic ring is 1. The van der Waals surface area contributed by atoms with E-state index in [2.05, 4.69) is 20.9 Å². The second-order valence-corrected chi connectivity index (χ2v) is 5.39. The molecule has 0 amide bonds. The number of fused-ring (bicyclic) bond motifs is 1. The van der Waals surface area contributed by atoms with Crippen molar-refractivity contribution in [1.29, 1.82) is 0 Å². The minimum atomic E-state index is -0.267. The lowest BCUT2D eigenvalue weighted by atomic mass is 10.2. The van der Waals surface area contributed by atoms with Crippen LogP contribution in [0.2, 0.25) is 0 Å². The van der Waals surface area contributed by atoms with Crippen LogP contribution >= 0.6 is 15.9 Å². The van der Waals surface area contributed by atoms with Gasteiger partial charge in [-0.2, -0.15) is 0 Å². The van der Waals surface area contributed by atoms with Gasteiger partial charge in [0.1, 0.15) is 5.82 Å². The summed E-state index contributed by atoms with van der Waals surface area (Å²) < 4.78 is 16.0. The van der Waals surface area contributed by atoms with Crippen LogP contribution in [0, 0.1) is 5.82 Å². The molecule has 3 nitrogen and oxygen atoms in total. The van der Waals surface area contributed by atoms with Crippen LogP contribution in [0.25, 0.3) is 11.0 Å². The zero-order valence-electron chi connectivity index (χ0n) is 9.29. The van der Waals surface area contributed by atoms with Crippen molar-refractivity contribution in [3.8, 4) is 0 Å². The molecule has 1 aromatic carbocycles. The lowest BCUT2D eigenvalue weighted by Crippen LogP contribution is -2.08. The average molecular weight is 298 g/mol. The van der Waals surface area contributed by atoms with Gasteiger partial charge in [-0.3, -0.25) is 0 Å². The molecule has 0 bridgehead atoms. The molecule has 2 N–H and O–H groups in total. The molecule has 0 radical (unpaired) electrons. The molecule has 3 rings (SSSR count). The molecule has 2 aromatic rings. The average Bonchev–Trinajstić information content (AvgIpc) is 2.86. The smallest absolute Gasteiger partial charge is 0.201 e. The van der Waals surface area contributed by atoms with E-state index in [1.807, 2.05) is 4.57 Å². The summed E-state index contributed by atoms with van der Waals surface area (Å²) in [4.78, 5) is 4.30. The van der Waals surface area contributed by atoms with Crippen LogP contribution in [0.15, 0.2) is 16.6 Å². The fraction of sp³-hybridized carbons (Fsp3) is 0.417. The maximum Gasteiger partial charge on any atom is 0.201 e. The van der Waals surface area contributed by atoms with Crippen molar-refractivity contribution in [2.45, 2.75) is 31.7 Å². The number of nitrogens with two attached hydrogens (primary N) is 1. The van der Waals surface area contributed by atoms with Gasteiger partial charge in [-0.25, -0.2) is 9.37 Å². The lowest BCUT2D eigenvalue weighted by Gasteiger charge is -2.14. The minimum absolute atomic E-state index is 0.267. The number of hydrogen-bond acceptors (Lipinski definition) is 2. The second kappa shape index (κ2) is 3.98. The van der Waals surface area contributed by atoms with Gasteiger partial charge in [0.15, 0.2) is 0 Å². The monoisotopic (exact) mass is 297 g/mol.